The summed E-state index contributed by atoms with van der Waals surface area (Å²) in [5.74, 6) is 3.50. The summed E-state index contributed by atoms with van der Waals surface area (Å²) >= 11 is 0. The normalized spacial score (nSPS) is 18.9. The maximum absolute atomic E-state index is 4.42. The summed E-state index contributed by atoms with van der Waals surface area (Å²) in [6.07, 6.45) is 2.50. The zero-order valence-corrected chi connectivity index (χ0v) is 11.5. The van der Waals surface area contributed by atoms with Gasteiger partial charge in [0.1, 0.15) is 17.5 Å². The molecule has 1 fully saturated rings. The Morgan fingerprint density at radius 3 is 2.94 bits per heavy atom. The summed E-state index contributed by atoms with van der Waals surface area (Å²) in [4.78, 5) is 10.8. The fraction of sp³-hybridized carbons (Fsp3) is 0.692. The first kappa shape index (κ1) is 13.1. The second-order valence-electron chi connectivity index (χ2n) is 5.13. The Morgan fingerprint density at radius 2 is 2.28 bits per heavy atom. The van der Waals surface area contributed by atoms with E-state index in [4.69, 9.17) is 0 Å². The smallest absolute Gasteiger partial charge is 0.133 e. The van der Waals surface area contributed by atoms with Crippen LogP contribution in [-0.4, -0.2) is 43.7 Å². The first-order valence-corrected chi connectivity index (χ1v) is 6.63. The van der Waals surface area contributed by atoms with Gasteiger partial charge in [0.05, 0.1) is 0 Å². The molecule has 5 heteroatoms. The summed E-state index contributed by atoms with van der Waals surface area (Å²) in [5.41, 5.74) is 0. The van der Waals surface area contributed by atoms with Crippen LogP contribution in [0.15, 0.2) is 6.07 Å². The van der Waals surface area contributed by atoms with Crippen LogP contribution in [0.4, 0.5) is 11.6 Å². The van der Waals surface area contributed by atoms with Crippen LogP contribution in [-0.2, 0) is 0 Å². The van der Waals surface area contributed by atoms with Gasteiger partial charge in [-0.25, -0.2) is 9.97 Å². The number of rotatable bonds is 5. The van der Waals surface area contributed by atoms with Crippen molar-refractivity contribution in [3.63, 3.8) is 0 Å². The van der Waals surface area contributed by atoms with Crippen molar-refractivity contribution in [2.75, 3.05) is 43.9 Å². The number of nitrogens with one attached hydrogen (secondary N) is 2. The average molecular weight is 249 g/mol. The summed E-state index contributed by atoms with van der Waals surface area (Å²) in [6.45, 7) is 5.24. The summed E-state index contributed by atoms with van der Waals surface area (Å²) in [5, 5.41) is 6.80. The van der Waals surface area contributed by atoms with Crippen molar-refractivity contribution in [1.82, 2.24) is 15.3 Å². The first-order valence-electron chi connectivity index (χ1n) is 6.63. The average Bonchev–Trinajstić information content (AvgIpc) is 2.81. The summed E-state index contributed by atoms with van der Waals surface area (Å²) in [6, 6.07) is 2.00. The molecule has 5 nitrogen and oxygen atoms in total. The zero-order chi connectivity index (χ0) is 13.0. The van der Waals surface area contributed by atoms with Crippen LogP contribution < -0.4 is 15.5 Å². The molecule has 0 saturated carbocycles. The van der Waals surface area contributed by atoms with Crippen molar-refractivity contribution in [1.29, 1.82) is 0 Å². The van der Waals surface area contributed by atoms with E-state index < -0.39 is 0 Å². The molecule has 2 heterocycles. The van der Waals surface area contributed by atoms with Crippen LogP contribution in [0, 0.1) is 12.8 Å². The Bertz CT molecular complexity index is 385. The Kier molecular flexibility index (Phi) is 4.36. The predicted molar refractivity (Wildman–Crippen MR) is 75.2 cm³/mol. The van der Waals surface area contributed by atoms with Gasteiger partial charge in [0.25, 0.3) is 0 Å². The van der Waals surface area contributed by atoms with Gasteiger partial charge >= 0.3 is 0 Å². The Hall–Kier alpha value is -1.36. The van der Waals surface area contributed by atoms with Gasteiger partial charge in [0.2, 0.25) is 0 Å². The van der Waals surface area contributed by atoms with E-state index in [0.29, 0.717) is 0 Å². The summed E-state index contributed by atoms with van der Waals surface area (Å²) < 4.78 is 0. The monoisotopic (exact) mass is 249 g/mol. The van der Waals surface area contributed by atoms with Crippen LogP contribution in [0.3, 0.4) is 0 Å². The highest BCUT2D eigenvalue weighted by Gasteiger charge is 2.13. The van der Waals surface area contributed by atoms with E-state index in [1.165, 1.54) is 19.4 Å². The maximum Gasteiger partial charge on any atom is 0.133 e. The number of aryl methyl sites for hydroxylation is 1. The lowest BCUT2D eigenvalue weighted by Gasteiger charge is -2.14. The Balaban J connectivity index is 1.88. The van der Waals surface area contributed by atoms with Gasteiger partial charge in [0.15, 0.2) is 0 Å². The van der Waals surface area contributed by atoms with E-state index in [1.54, 1.807) is 0 Å². The van der Waals surface area contributed by atoms with E-state index >= 15 is 0 Å². The second kappa shape index (κ2) is 6.00. The van der Waals surface area contributed by atoms with Crippen LogP contribution in [0.2, 0.25) is 0 Å². The van der Waals surface area contributed by atoms with Crippen molar-refractivity contribution in [3.05, 3.63) is 11.9 Å². The van der Waals surface area contributed by atoms with Crippen molar-refractivity contribution in [2.24, 2.45) is 5.92 Å². The molecule has 1 unspecified atom stereocenters. The van der Waals surface area contributed by atoms with E-state index in [0.717, 1.165) is 36.5 Å². The summed E-state index contributed by atoms with van der Waals surface area (Å²) in [7, 11) is 3.99. The molecule has 100 valence electrons. The molecule has 0 bridgehead atoms. The highest BCUT2D eigenvalue weighted by Crippen LogP contribution is 2.15. The lowest BCUT2D eigenvalue weighted by Crippen LogP contribution is -2.15. The Morgan fingerprint density at radius 1 is 1.44 bits per heavy atom. The molecule has 0 radical (unpaired) electrons. The van der Waals surface area contributed by atoms with Gasteiger partial charge in [-0.2, -0.15) is 0 Å². The third-order valence-electron chi connectivity index (χ3n) is 3.30. The topological polar surface area (TPSA) is 53.1 Å². The molecule has 1 aromatic heterocycles. The SMILES string of the molecule is Cc1nc(NCCC2CCNC2)cc(N(C)C)n1. The molecule has 1 saturated heterocycles. The molecule has 0 aromatic carbocycles. The third-order valence-corrected chi connectivity index (χ3v) is 3.30. The quantitative estimate of drug-likeness (QED) is 0.823. The van der Waals surface area contributed by atoms with Gasteiger partial charge in [0, 0.05) is 26.7 Å². The fourth-order valence-electron chi connectivity index (χ4n) is 2.24. The highest BCUT2D eigenvalue weighted by molar-refractivity contribution is 5.48. The van der Waals surface area contributed by atoms with E-state index in [9.17, 15) is 0 Å². The largest absolute Gasteiger partial charge is 0.370 e. The molecular formula is C13H23N5. The number of nitrogens with zero attached hydrogens (tertiary/aromatic N) is 3. The molecule has 2 rings (SSSR count). The maximum atomic E-state index is 4.42. The molecule has 0 amide bonds. The zero-order valence-electron chi connectivity index (χ0n) is 11.5. The minimum atomic E-state index is 0.811. The first-order chi connectivity index (χ1) is 8.65. The van der Waals surface area contributed by atoms with Crippen molar-refractivity contribution in [2.45, 2.75) is 19.8 Å². The van der Waals surface area contributed by atoms with Crippen LogP contribution in [0.5, 0.6) is 0 Å². The fourth-order valence-corrected chi connectivity index (χ4v) is 2.24. The van der Waals surface area contributed by atoms with Gasteiger partial charge in [-0.15, -0.1) is 0 Å². The van der Waals surface area contributed by atoms with Crippen LogP contribution in [0.1, 0.15) is 18.7 Å². The van der Waals surface area contributed by atoms with E-state index in [-0.39, 0.29) is 0 Å². The highest BCUT2D eigenvalue weighted by atomic mass is 15.2. The van der Waals surface area contributed by atoms with Crippen molar-refractivity contribution < 1.29 is 0 Å². The lowest BCUT2D eigenvalue weighted by atomic mass is 10.1. The standard InChI is InChI=1S/C13H23N5/c1-10-16-12(8-13(17-10)18(2)3)15-7-5-11-4-6-14-9-11/h8,11,14H,4-7,9H2,1-3H3,(H,15,16,17). The number of anilines is 2. The van der Waals surface area contributed by atoms with Crippen LogP contribution >= 0.6 is 0 Å². The Labute approximate surface area is 109 Å². The van der Waals surface area contributed by atoms with Gasteiger partial charge in [-0.3, -0.25) is 0 Å². The van der Waals surface area contributed by atoms with Crippen LogP contribution in [0.25, 0.3) is 0 Å². The molecular weight excluding hydrogens is 226 g/mol. The van der Waals surface area contributed by atoms with Crippen molar-refractivity contribution >= 4 is 11.6 Å². The van der Waals surface area contributed by atoms with E-state index in [2.05, 4.69) is 20.6 Å². The van der Waals surface area contributed by atoms with Gasteiger partial charge in [-0.1, -0.05) is 0 Å². The number of hydrogen-bond acceptors (Lipinski definition) is 5. The van der Waals surface area contributed by atoms with E-state index in [1.807, 2.05) is 32.0 Å². The predicted octanol–water partition coefficient (Wildman–Crippen LogP) is 1.26. The minimum absolute atomic E-state index is 0.811. The molecule has 1 atom stereocenters. The molecule has 18 heavy (non-hydrogen) atoms. The molecule has 2 N–H and O–H groups in total. The molecule has 1 aromatic rings. The van der Waals surface area contributed by atoms with Gasteiger partial charge in [-0.05, 0) is 38.8 Å². The number of aromatic nitrogens is 2. The number of hydrogen-bond donors (Lipinski definition) is 2. The van der Waals surface area contributed by atoms with Gasteiger partial charge < -0.3 is 15.5 Å². The second-order valence-corrected chi connectivity index (χ2v) is 5.13. The molecule has 1 aliphatic rings. The molecule has 0 spiro atoms. The van der Waals surface area contributed by atoms with Crippen molar-refractivity contribution in [3.8, 4) is 0 Å². The molecule has 1 aliphatic heterocycles. The lowest BCUT2D eigenvalue weighted by molar-refractivity contribution is 0.549. The molecule has 0 aliphatic carbocycles. The minimum Gasteiger partial charge on any atom is -0.370 e. The third kappa shape index (κ3) is 3.57.